The summed E-state index contributed by atoms with van der Waals surface area (Å²) in [6, 6.07) is 5.29. The lowest BCUT2D eigenvalue weighted by atomic mass is 10.1. The quantitative estimate of drug-likeness (QED) is 0.583. The lowest BCUT2D eigenvalue weighted by Crippen LogP contribution is -1.94. The topological polar surface area (TPSA) is 43.1 Å². The Morgan fingerprint density at radius 2 is 2.20 bits per heavy atom. The van der Waals surface area contributed by atoms with E-state index in [1.54, 1.807) is 18.4 Å². The second-order valence-corrected chi connectivity index (χ2v) is 2.14. The van der Waals surface area contributed by atoms with Crippen molar-refractivity contribution in [3.05, 3.63) is 29.3 Å². The van der Waals surface area contributed by atoms with Crippen LogP contribution in [0.25, 0.3) is 0 Å². The fraction of sp³-hybridized carbons (Fsp3) is 0.125. The summed E-state index contributed by atoms with van der Waals surface area (Å²) < 4.78 is 0. The summed E-state index contributed by atoms with van der Waals surface area (Å²) in [6.45, 7) is 1.86. The fourth-order valence-electron chi connectivity index (χ4n) is 0.770. The van der Waals surface area contributed by atoms with Crippen molar-refractivity contribution in [1.29, 1.82) is 0 Å². The van der Waals surface area contributed by atoms with Crippen LogP contribution in [0.4, 0.5) is 5.69 Å². The monoisotopic (exact) mass is 134 g/mol. The smallest absolute Gasteiger partial charge is 0.235 e. The molecule has 0 saturated carbocycles. The zero-order valence-electron chi connectivity index (χ0n) is 5.72. The molecule has 1 aromatic carbocycles. The Kier molecular flexibility index (Phi) is 1.71. The van der Waals surface area contributed by atoms with E-state index in [2.05, 4.69) is 0 Å². The van der Waals surface area contributed by atoms with Crippen molar-refractivity contribution in [3.8, 4) is 0 Å². The number of anilines is 1. The van der Waals surface area contributed by atoms with Crippen LogP contribution < -0.4 is 5.73 Å². The molecule has 2 heteroatoms. The third kappa shape index (κ3) is 1.00. The Morgan fingerprint density at radius 3 is 2.70 bits per heavy atom. The van der Waals surface area contributed by atoms with E-state index >= 15 is 0 Å². The largest absolute Gasteiger partial charge is 0.398 e. The first-order chi connectivity index (χ1) is 4.75. The van der Waals surface area contributed by atoms with Crippen molar-refractivity contribution >= 4 is 12.0 Å². The van der Waals surface area contributed by atoms with Gasteiger partial charge in [0.1, 0.15) is 0 Å². The highest BCUT2D eigenvalue weighted by Gasteiger charge is 1.98. The van der Waals surface area contributed by atoms with Gasteiger partial charge in [0.25, 0.3) is 0 Å². The van der Waals surface area contributed by atoms with Crippen LogP contribution >= 0.6 is 0 Å². The molecule has 0 saturated heterocycles. The lowest BCUT2D eigenvalue weighted by Gasteiger charge is -1.99. The molecule has 0 unspecified atom stereocenters. The van der Waals surface area contributed by atoms with Crippen LogP contribution in [0.2, 0.25) is 0 Å². The van der Waals surface area contributed by atoms with Gasteiger partial charge in [-0.3, -0.25) is 4.79 Å². The molecule has 0 fully saturated rings. The molecule has 0 aliphatic rings. The number of benzene rings is 1. The highest BCUT2D eigenvalue weighted by Crippen LogP contribution is 2.13. The van der Waals surface area contributed by atoms with E-state index in [4.69, 9.17) is 5.73 Å². The number of hydrogen-bond acceptors (Lipinski definition) is 2. The van der Waals surface area contributed by atoms with Crippen LogP contribution in [0.15, 0.2) is 18.2 Å². The van der Waals surface area contributed by atoms with E-state index in [9.17, 15) is 4.79 Å². The number of para-hydroxylation sites is 1. The van der Waals surface area contributed by atoms with Gasteiger partial charge in [-0.15, -0.1) is 0 Å². The van der Waals surface area contributed by atoms with E-state index in [0.29, 0.717) is 11.3 Å². The molecular weight excluding hydrogens is 126 g/mol. The molecule has 10 heavy (non-hydrogen) atoms. The van der Waals surface area contributed by atoms with Gasteiger partial charge in [0.05, 0.1) is 0 Å². The third-order valence-corrected chi connectivity index (χ3v) is 1.43. The molecule has 1 aromatic rings. The molecule has 1 radical (unpaired) electrons. The average molecular weight is 134 g/mol. The number of aryl methyl sites for hydroxylation is 1. The van der Waals surface area contributed by atoms with Crippen LogP contribution in [0.1, 0.15) is 11.1 Å². The SMILES string of the molecule is Cc1cccc([C]=O)c1N. The van der Waals surface area contributed by atoms with Crippen LogP contribution in [0.3, 0.4) is 0 Å². The number of nitrogen functional groups attached to an aromatic ring is 1. The van der Waals surface area contributed by atoms with Crippen molar-refractivity contribution in [2.75, 3.05) is 5.73 Å². The van der Waals surface area contributed by atoms with Gasteiger partial charge in [0.15, 0.2) is 0 Å². The predicted octanol–water partition coefficient (Wildman–Crippen LogP) is 1.04. The number of hydrogen-bond donors (Lipinski definition) is 1. The second kappa shape index (κ2) is 2.52. The Hall–Kier alpha value is -1.31. The van der Waals surface area contributed by atoms with Crippen molar-refractivity contribution in [2.24, 2.45) is 0 Å². The zero-order valence-corrected chi connectivity index (χ0v) is 5.72. The molecule has 0 heterocycles. The summed E-state index contributed by atoms with van der Waals surface area (Å²) in [5.74, 6) is 0. The van der Waals surface area contributed by atoms with Crippen LogP contribution in [0.5, 0.6) is 0 Å². The summed E-state index contributed by atoms with van der Waals surface area (Å²) in [7, 11) is 0. The van der Waals surface area contributed by atoms with Gasteiger partial charge in [0.2, 0.25) is 6.29 Å². The lowest BCUT2D eigenvalue weighted by molar-refractivity contribution is 0.563. The van der Waals surface area contributed by atoms with Crippen LogP contribution in [-0.4, -0.2) is 6.29 Å². The summed E-state index contributed by atoms with van der Waals surface area (Å²) in [4.78, 5) is 10.2. The minimum absolute atomic E-state index is 0.444. The first-order valence-corrected chi connectivity index (χ1v) is 2.99. The van der Waals surface area contributed by atoms with Crippen molar-refractivity contribution in [3.63, 3.8) is 0 Å². The Balaban J connectivity index is 3.27. The van der Waals surface area contributed by atoms with Gasteiger partial charge in [0, 0.05) is 11.3 Å². The molecule has 0 bridgehead atoms. The molecule has 2 nitrogen and oxygen atoms in total. The standard InChI is InChI=1S/C8H8NO/c1-6-3-2-4-7(5-10)8(6)9/h2-4H,9H2,1H3. The molecule has 51 valence electrons. The van der Waals surface area contributed by atoms with Gasteiger partial charge in [-0.2, -0.15) is 0 Å². The van der Waals surface area contributed by atoms with Gasteiger partial charge >= 0.3 is 0 Å². The first-order valence-electron chi connectivity index (χ1n) is 2.99. The molecule has 0 aromatic heterocycles. The molecule has 0 aliphatic carbocycles. The Morgan fingerprint density at radius 1 is 1.50 bits per heavy atom. The molecule has 0 amide bonds. The highest BCUT2D eigenvalue weighted by molar-refractivity contribution is 5.84. The molecule has 2 N–H and O–H groups in total. The molecule has 0 spiro atoms. The molecule has 1 rings (SSSR count). The molecule has 0 aliphatic heterocycles. The summed E-state index contributed by atoms with van der Waals surface area (Å²) in [5, 5.41) is 0. The van der Waals surface area contributed by atoms with Gasteiger partial charge < -0.3 is 5.73 Å². The maximum absolute atomic E-state index is 10.2. The average Bonchev–Trinajstić information content (AvgIpc) is 1.95. The molecule has 0 atom stereocenters. The van der Waals surface area contributed by atoms with E-state index < -0.39 is 0 Å². The van der Waals surface area contributed by atoms with E-state index in [1.807, 2.05) is 13.0 Å². The van der Waals surface area contributed by atoms with Crippen molar-refractivity contribution in [2.45, 2.75) is 6.92 Å². The summed E-state index contributed by atoms with van der Waals surface area (Å²) in [5.41, 5.74) is 7.42. The Bertz CT molecular complexity index is 255. The second-order valence-electron chi connectivity index (χ2n) is 2.14. The Labute approximate surface area is 59.7 Å². The maximum atomic E-state index is 10.2. The minimum atomic E-state index is 0.444. The normalized spacial score (nSPS) is 9.30. The van der Waals surface area contributed by atoms with E-state index in [-0.39, 0.29) is 0 Å². The van der Waals surface area contributed by atoms with E-state index in [1.165, 1.54) is 0 Å². The van der Waals surface area contributed by atoms with Gasteiger partial charge in [-0.05, 0) is 18.6 Å². The van der Waals surface area contributed by atoms with Gasteiger partial charge in [-0.25, -0.2) is 0 Å². The summed E-state index contributed by atoms with van der Waals surface area (Å²) >= 11 is 0. The fourth-order valence-corrected chi connectivity index (χ4v) is 0.770. The van der Waals surface area contributed by atoms with Crippen LogP contribution in [-0.2, 0) is 4.79 Å². The van der Waals surface area contributed by atoms with Crippen molar-refractivity contribution < 1.29 is 4.79 Å². The number of carbonyl (C=O) groups excluding carboxylic acids is 1. The summed E-state index contributed by atoms with van der Waals surface area (Å²) in [6.07, 6.45) is 1.76. The maximum Gasteiger partial charge on any atom is 0.235 e. The highest BCUT2D eigenvalue weighted by atomic mass is 16.1. The zero-order chi connectivity index (χ0) is 7.56. The first kappa shape index (κ1) is 6.81. The molecular formula is C8H8NO. The van der Waals surface area contributed by atoms with Crippen molar-refractivity contribution in [1.82, 2.24) is 0 Å². The predicted molar refractivity (Wildman–Crippen MR) is 40.4 cm³/mol. The van der Waals surface area contributed by atoms with E-state index in [0.717, 1.165) is 5.56 Å². The van der Waals surface area contributed by atoms with Gasteiger partial charge in [-0.1, -0.05) is 12.1 Å². The minimum Gasteiger partial charge on any atom is -0.398 e. The number of rotatable bonds is 1. The third-order valence-electron chi connectivity index (χ3n) is 1.43. The van der Waals surface area contributed by atoms with Crippen LogP contribution in [0, 0.1) is 6.92 Å². The number of nitrogens with two attached hydrogens (primary N) is 1.